The molecule has 1 unspecified atom stereocenters. The topological polar surface area (TPSA) is 55.1 Å². The average molecular weight is 282 g/mol. The van der Waals surface area contributed by atoms with Crippen molar-refractivity contribution >= 4 is 5.91 Å². The van der Waals surface area contributed by atoms with E-state index in [4.69, 9.17) is 5.73 Å². The summed E-state index contributed by atoms with van der Waals surface area (Å²) in [7, 11) is 0. The average Bonchev–Trinajstić information content (AvgIpc) is 2.48. The summed E-state index contributed by atoms with van der Waals surface area (Å²) >= 11 is 0. The Kier molecular flexibility index (Phi) is 4.76. The number of hydrogen-bond acceptors (Lipinski definition) is 2. The minimum atomic E-state index is -0.755. The van der Waals surface area contributed by atoms with Crippen molar-refractivity contribution in [3.05, 3.63) is 71.8 Å². The van der Waals surface area contributed by atoms with Gasteiger partial charge in [0.05, 0.1) is 5.54 Å². The molecule has 0 aliphatic rings. The number of hydrogen-bond donors (Lipinski definition) is 2. The third-order valence-electron chi connectivity index (χ3n) is 3.64. The maximum Gasteiger partial charge on any atom is 0.237 e. The molecule has 3 N–H and O–H groups in total. The number of rotatable bonds is 6. The van der Waals surface area contributed by atoms with E-state index in [0.29, 0.717) is 0 Å². The Morgan fingerprint density at radius 3 is 2.10 bits per heavy atom. The Bertz CT molecular complexity index is 579. The molecule has 0 aromatic heterocycles. The van der Waals surface area contributed by atoms with Gasteiger partial charge >= 0.3 is 0 Å². The minimum absolute atomic E-state index is 0.0381. The van der Waals surface area contributed by atoms with Crippen LogP contribution in [0.1, 0.15) is 31.0 Å². The van der Waals surface area contributed by atoms with E-state index in [1.807, 2.05) is 50.2 Å². The molecule has 2 aromatic rings. The van der Waals surface area contributed by atoms with E-state index in [2.05, 4.69) is 29.6 Å². The van der Waals surface area contributed by atoms with Crippen molar-refractivity contribution in [2.24, 2.45) is 5.73 Å². The van der Waals surface area contributed by atoms with Gasteiger partial charge in [0.1, 0.15) is 0 Å². The number of benzene rings is 2. The van der Waals surface area contributed by atoms with Gasteiger partial charge in [-0.25, -0.2) is 0 Å². The van der Waals surface area contributed by atoms with E-state index in [0.717, 1.165) is 12.0 Å². The Balaban J connectivity index is 2.25. The quantitative estimate of drug-likeness (QED) is 0.856. The Labute approximate surface area is 126 Å². The van der Waals surface area contributed by atoms with Crippen LogP contribution in [-0.2, 0) is 11.2 Å². The van der Waals surface area contributed by atoms with Crippen LogP contribution in [0.5, 0.6) is 0 Å². The molecule has 1 amide bonds. The summed E-state index contributed by atoms with van der Waals surface area (Å²) in [5.41, 5.74) is 7.10. The molecule has 0 saturated heterocycles. The summed E-state index contributed by atoms with van der Waals surface area (Å²) in [6.45, 7) is 3.63. The van der Waals surface area contributed by atoms with E-state index < -0.39 is 5.54 Å². The lowest BCUT2D eigenvalue weighted by atomic mass is 9.94. The standard InChI is InChI=1S/C18H22N2O/c1-18(2,17(19)21)20-16(15-11-7-4-8-12-15)13-14-9-5-3-6-10-14/h3-12,16,20H,13H2,1-2H3,(H2,19,21). The van der Waals surface area contributed by atoms with Gasteiger partial charge < -0.3 is 5.73 Å². The zero-order valence-corrected chi connectivity index (χ0v) is 12.5. The molecule has 1 atom stereocenters. The second kappa shape index (κ2) is 6.55. The fourth-order valence-electron chi connectivity index (χ4n) is 2.29. The maximum absolute atomic E-state index is 11.6. The predicted molar refractivity (Wildman–Crippen MR) is 85.7 cm³/mol. The number of primary amides is 1. The third-order valence-corrected chi connectivity index (χ3v) is 3.64. The highest BCUT2D eigenvalue weighted by atomic mass is 16.1. The van der Waals surface area contributed by atoms with Crippen molar-refractivity contribution in [1.82, 2.24) is 5.32 Å². The van der Waals surface area contributed by atoms with Crippen molar-refractivity contribution in [2.45, 2.75) is 31.8 Å². The van der Waals surface area contributed by atoms with E-state index in [1.54, 1.807) is 0 Å². The second-order valence-electron chi connectivity index (χ2n) is 5.79. The summed E-state index contributed by atoms with van der Waals surface area (Å²) in [4.78, 5) is 11.6. The molecule has 0 saturated carbocycles. The number of nitrogens with one attached hydrogen (secondary N) is 1. The molecule has 0 heterocycles. The molecule has 110 valence electrons. The largest absolute Gasteiger partial charge is 0.368 e. The number of carbonyl (C=O) groups excluding carboxylic acids is 1. The van der Waals surface area contributed by atoms with Gasteiger partial charge in [-0.3, -0.25) is 10.1 Å². The van der Waals surface area contributed by atoms with Crippen molar-refractivity contribution in [3.8, 4) is 0 Å². The normalized spacial score (nSPS) is 12.9. The van der Waals surface area contributed by atoms with Gasteiger partial charge in [-0.2, -0.15) is 0 Å². The molecular formula is C18H22N2O. The Morgan fingerprint density at radius 1 is 1.05 bits per heavy atom. The molecule has 0 aliphatic carbocycles. The number of amides is 1. The van der Waals surface area contributed by atoms with Crippen LogP contribution < -0.4 is 11.1 Å². The summed E-state index contributed by atoms with van der Waals surface area (Å²) in [5.74, 6) is -0.350. The number of carbonyl (C=O) groups is 1. The van der Waals surface area contributed by atoms with Crippen molar-refractivity contribution in [2.75, 3.05) is 0 Å². The predicted octanol–water partition coefficient (Wildman–Crippen LogP) is 2.82. The molecular weight excluding hydrogens is 260 g/mol. The molecule has 2 rings (SSSR count). The molecule has 3 heteroatoms. The monoisotopic (exact) mass is 282 g/mol. The molecule has 0 spiro atoms. The smallest absolute Gasteiger partial charge is 0.237 e. The SMILES string of the molecule is CC(C)(NC(Cc1ccccc1)c1ccccc1)C(N)=O. The van der Waals surface area contributed by atoms with Crippen LogP contribution in [0.4, 0.5) is 0 Å². The van der Waals surface area contributed by atoms with Crippen LogP contribution in [0.2, 0.25) is 0 Å². The van der Waals surface area contributed by atoms with E-state index in [1.165, 1.54) is 5.56 Å². The van der Waals surface area contributed by atoms with Gasteiger partial charge in [-0.15, -0.1) is 0 Å². The first-order valence-corrected chi connectivity index (χ1v) is 7.15. The summed E-state index contributed by atoms with van der Waals surface area (Å²) in [6, 6.07) is 20.4. The van der Waals surface area contributed by atoms with Gasteiger partial charge in [0.2, 0.25) is 5.91 Å². The third kappa shape index (κ3) is 4.17. The molecule has 0 fully saturated rings. The molecule has 0 radical (unpaired) electrons. The Morgan fingerprint density at radius 2 is 1.57 bits per heavy atom. The maximum atomic E-state index is 11.6. The van der Waals surface area contributed by atoms with Gasteiger partial charge in [0, 0.05) is 6.04 Å². The van der Waals surface area contributed by atoms with Crippen LogP contribution in [0, 0.1) is 0 Å². The van der Waals surface area contributed by atoms with Crippen LogP contribution in [0.25, 0.3) is 0 Å². The highest BCUT2D eigenvalue weighted by Crippen LogP contribution is 2.21. The fraction of sp³-hybridized carbons (Fsp3) is 0.278. The minimum Gasteiger partial charge on any atom is -0.368 e. The van der Waals surface area contributed by atoms with Gasteiger partial charge in [-0.05, 0) is 31.4 Å². The summed E-state index contributed by atoms with van der Waals surface area (Å²) < 4.78 is 0. The molecule has 21 heavy (non-hydrogen) atoms. The lowest BCUT2D eigenvalue weighted by Gasteiger charge is -2.30. The summed E-state index contributed by atoms with van der Waals surface area (Å²) in [6.07, 6.45) is 0.807. The highest BCUT2D eigenvalue weighted by Gasteiger charge is 2.28. The lowest BCUT2D eigenvalue weighted by Crippen LogP contribution is -2.52. The first-order chi connectivity index (χ1) is 9.99. The first-order valence-electron chi connectivity index (χ1n) is 7.15. The van der Waals surface area contributed by atoms with E-state index >= 15 is 0 Å². The fourth-order valence-corrected chi connectivity index (χ4v) is 2.29. The van der Waals surface area contributed by atoms with Crippen LogP contribution in [0.3, 0.4) is 0 Å². The Hall–Kier alpha value is -2.13. The number of nitrogens with two attached hydrogens (primary N) is 1. The molecule has 3 nitrogen and oxygen atoms in total. The van der Waals surface area contributed by atoms with Crippen LogP contribution in [-0.4, -0.2) is 11.4 Å². The van der Waals surface area contributed by atoms with Gasteiger partial charge in [0.25, 0.3) is 0 Å². The molecule has 0 aliphatic heterocycles. The second-order valence-corrected chi connectivity index (χ2v) is 5.79. The van der Waals surface area contributed by atoms with E-state index in [9.17, 15) is 4.79 Å². The lowest BCUT2D eigenvalue weighted by molar-refractivity contribution is -0.123. The van der Waals surface area contributed by atoms with Gasteiger partial charge in [0.15, 0.2) is 0 Å². The zero-order chi connectivity index (χ0) is 15.3. The zero-order valence-electron chi connectivity index (χ0n) is 12.5. The molecule has 2 aromatic carbocycles. The first kappa shape index (κ1) is 15.3. The van der Waals surface area contributed by atoms with Gasteiger partial charge in [-0.1, -0.05) is 60.7 Å². The van der Waals surface area contributed by atoms with Crippen LogP contribution >= 0.6 is 0 Å². The van der Waals surface area contributed by atoms with E-state index in [-0.39, 0.29) is 11.9 Å². The summed E-state index contributed by atoms with van der Waals surface area (Å²) in [5, 5.41) is 3.38. The molecule has 0 bridgehead atoms. The van der Waals surface area contributed by atoms with Crippen LogP contribution in [0.15, 0.2) is 60.7 Å². The highest BCUT2D eigenvalue weighted by molar-refractivity contribution is 5.83. The van der Waals surface area contributed by atoms with Crippen molar-refractivity contribution in [3.63, 3.8) is 0 Å². The van der Waals surface area contributed by atoms with Crippen molar-refractivity contribution < 1.29 is 4.79 Å². The van der Waals surface area contributed by atoms with Crippen molar-refractivity contribution in [1.29, 1.82) is 0 Å².